The summed E-state index contributed by atoms with van der Waals surface area (Å²) in [6.45, 7) is 2.74. The van der Waals surface area contributed by atoms with Crippen LogP contribution in [0.2, 0.25) is 0 Å². The summed E-state index contributed by atoms with van der Waals surface area (Å²) in [6, 6.07) is 17.2. The van der Waals surface area contributed by atoms with E-state index in [1.807, 2.05) is 61.5 Å². The number of rotatable bonds is 7. The minimum absolute atomic E-state index is 0.0891. The molecule has 0 aliphatic carbocycles. The SMILES string of the molecule is Cc1ccc2cc(CCNC(=O)CCOc3ccccc3)c(=O)[nH]c2c1. The van der Waals surface area contributed by atoms with Crippen LogP contribution in [0.15, 0.2) is 59.4 Å². The molecule has 0 fully saturated rings. The van der Waals surface area contributed by atoms with Gasteiger partial charge >= 0.3 is 0 Å². The van der Waals surface area contributed by atoms with Gasteiger partial charge in [-0.1, -0.05) is 30.3 Å². The van der Waals surface area contributed by atoms with Crippen molar-refractivity contribution in [3.8, 4) is 5.75 Å². The zero-order valence-electron chi connectivity index (χ0n) is 14.7. The summed E-state index contributed by atoms with van der Waals surface area (Å²) >= 11 is 0. The second kappa shape index (κ2) is 8.34. The summed E-state index contributed by atoms with van der Waals surface area (Å²) in [5, 5.41) is 3.82. The van der Waals surface area contributed by atoms with E-state index in [4.69, 9.17) is 4.74 Å². The minimum Gasteiger partial charge on any atom is -0.493 e. The summed E-state index contributed by atoms with van der Waals surface area (Å²) in [4.78, 5) is 26.9. The van der Waals surface area contributed by atoms with Crippen LogP contribution in [0.1, 0.15) is 17.5 Å². The molecular weight excluding hydrogens is 328 g/mol. The van der Waals surface area contributed by atoms with Crippen LogP contribution >= 0.6 is 0 Å². The third-order valence-corrected chi connectivity index (χ3v) is 4.14. The van der Waals surface area contributed by atoms with Crippen LogP contribution in [0, 0.1) is 6.92 Å². The molecule has 3 rings (SSSR count). The first-order valence-corrected chi connectivity index (χ1v) is 8.69. The molecule has 0 spiro atoms. The number of fused-ring (bicyclic) bond motifs is 1. The predicted molar refractivity (Wildman–Crippen MR) is 103 cm³/mol. The quantitative estimate of drug-likeness (QED) is 0.688. The van der Waals surface area contributed by atoms with Gasteiger partial charge < -0.3 is 15.0 Å². The molecule has 0 aliphatic rings. The van der Waals surface area contributed by atoms with Crippen molar-refractivity contribution < 1.29 is 9.53 Å². The molecule has 0 aliphatic heterocycles. The van der Waals surface area contributed by atoms with Gasteiger partial charge in [0.05, 0.1) is 13.0 Å². The molecule has 0 atom stereocenters. The highest BCUT2D eigenvalue weighted by Gasteiger charge is 2.06. The number of aryl methyl sites for hydroxylation is 1. The molecule has 1 heterocycles. The highest BCUT2D eigenvalue weighted by Crippen LogP contribution is 2.13. The van der Waals surface area contributed by atoms with Crippen molar-refractivity contribution in [3.63, 3.8) is 0 Å². The fourth-order valence-electron chi connectivity index (χ4n) is 2.75. The molecule has 2 aromatic carbocycles. The molecule has 0 radical (unpaired) electrons. The molecule has 26 heavy (non-hydrogen) atoms. The Balaban J connectivity index is 1.47. The Labute approximate surface area is 152 Å². The maximum atomic E-state index is 12.2. The molecule has 5 nitrogen and oxygen atoms in total. The smallest absolute Gasteiger partial charge is 0.251 e. The monoisotopic (exact) mass is 350 g/mol. The number of amides is 1. The van der Waals surface area contributed by atoms with E-state index in [9.17, 15) is 9.59 Å². The molecule has 2 N–H and O–H groups in total. The standard InChI is InChI=1S/C21H22N2O3/c1-15-7-8-16-14-17(21(25)23-19(16)13-15)9-11-22-20(24)10-12-26-18-5-3-2-4-6-18/h2-8,13-14H,9-12H2,1H3,(H,22,24)(H,23,25). The molecular formula is C21H22N2O3. The number of para-hydroxylation sites is 1. The summed E-state index contributed by atoms with van der Waals surface area (Å²) in [5.41, 5.74) is 2.50. The third kappa shape index (κ3) is 4.72. The Morgan fingerprint density at radius 3 is 2.73 bits per heavy atom. The van der Waals surface area contributed by atoms with Crippen molar-refractivity contribution in [1.82, 2.24) is 10.3 Å². The lowest BCUT2D eigenvalue weighted by Crippen LogP contribution is -2.28. The van der Waals surface area contributed by atoms with Crippen LogP contribution in [-0.4, -0.2) is 24.0 Å². The van der Waals surface area contributed by atoms with Gasteiger partial charge in [0.2, 0.25) is 5.91 Å². The Morgan fingerprint density at radius 1 is 1.12 bits per heavy atom. The number of nitrogens with one attached hydrogen (secondary N) is 2. The number of carbonyl (C=O) groups excluding carboxylic acids is 1. The molecule has 134 valence electrons. The highest BCUT2D eigenvalue weighted by atomic mass is 16.5. The van der Waals surface area contributed by atoms with Gasteiger partial charge in [0.1, 0.15) is 5.75 Å². The maximum Gasteiger partial charge on any atom is 0.251 e. The molecule has 0 saturated heterocycles. The van der Waals surface area contributed by atoms with Crippen LogP contribution in [0.3, 0.4) is 0 Å². The van der Waals surface area contributed by atoms with Gasteiger partial charge in [0, 0.05) is 17.6 Å². The van der Waals surface area contributed by atoms with Gasteiger partial charge in [-0.3, -0.25) is 9.59 Å². The van der Waals surface area contributed by atoms with E-state index in [0.717, 1.165) is 22.2 Å². The Morgan fingerprint density at radius 2 is 1.92 bits per heavy atom. The average Bonchev–Trinajstić information content (AvgIpc) is 2.63. The lowest BCUT2D eigenvalue weighted by Gasteiger charge is -2.08. The first kappa shape index (κ1) is 17.7. The number of carbonyl (C=O) groups is 1. The maximum absolute atomic E-state index is 12.2. The summed E-state index contributed by atoms with van der Waals surface area (Å²) in [5.74, 6) is 0.659. The Hall–Kier alpha value is -3.08. The number of aromatic nitrogens is 1. The molecule has 3 aromatic rings. The minimum atomic E-state index is -0.107. The number of hydrogen-bond acceptors (Lipinski definition) is 3. The zero-order chi connectivity index (χ0) is 18.4. The second-order valence-corrected chi connectivity index (χ2v) is 6.23. The van der Waals surface area contributed by atoms with Gasteiger partial charge in [-0.25, -0.2) is 0 Å². The van der Waals surface area contributed by atoms with E-state index in [1.54, 1.807) is 0 Å². The van der Waals surface area contributed by atoms with Crippen molar-refractivity contribution in [2.24, 2.45) is 0 Å². The lowest BCUT2D eigenvalue weighted by molar-refractivity contribution is -0.121. The normalized spacial score (nSPS) is 10.7. The van der Waals surface area contributed by atoms with E-state index >= 15 is 0 Å². The number of aromatic amines is 1. The topological polar surface area (TPSA) is 71.2 Å². The van der Waals surface area contributed by atoms with Crippen LogP contribution in [0.25, 0.3) is 10.9 Å². The first-order chi connectivity index (χ1) is 12.6. The molecule has 0 bridgehead atoms. The number of benzene rings is 2. The molecule has 0 saturated carbocycles. The van der Waals surface area contributed by atoms with E-state index < -0.39 is 0 Å². The number of pyridine rings is 1. The fourth-order valence-corrected chi connectivity index (χ4v) is 2.75. The van der Waals surface area contributed by atoms with Crippen LogP contribution in [0.4, 0.5) is 0 Å². The Bertz CT molecular complexity index is 948. The van der Waals surface area contributed by atoms with E-state index in [-0.39, 0.29) is 17.9 Å². The summed E-state index contributed by atoms with van der Waals surface area (Å²) < 4.78 is 5.50. The van der Waals surface area contributed by atoms with E-state index in [1.165, 1.54) is 0 Å². The number of ether oxygens (including phenoxy) is 1. The molecule has 1 amide bonds. The van der Waals surface area contributed by atoms with Crippen molar-refractivity contribution in [3.05, 3.63) is 76.1 Å². The van der Waals surface area contributed by atoms with E-state index in [0.29, 0.717) is 25.1 Å². The van der Waals surface area contributed by atoms with Gasteiger partial charge in [-0.15, -0.1) is 0 Å². The molecule has 0 unspecified atom stereocenters. The van der Waals surface area contributed by atoms with Gasteiger partial charge in [-0.2, -0.15) is 0 Å². The van der Waals surface area contributed by atoms with Gasteiger partial charge in [0.25, 0.3) is 5.56 Å². The summed E-state index contributed by atoms with van der Waals surface area (Å²) in [6.07, 6.45) is 0.771. The van der Waals surface area contributed by atoms with E-state index in [2.05, 4.69) is 10.3 Å². The number of H-pyrrole nitrogens is 1. The van der Waals surface area contributed by atoms with Crippen LogP contribution in [-0.2, 0) is 11.2 Å². The molecule has 1 aromatic heterocycles. The van der Waals surface area contributed by atoms with Gasteiger partial charge in [0.15, 0.2) is 0 Å². The van der Waals surface area contributed by atoms with Crippen molar-refractivity contribution in [1.29, 1.82) is 0 Å². The van der Waals surface area contributed by atoms with Gasteiger partial charge in [-0.05, 0) is 48.6 Å². The second-order valence-electron chi connectivity index (χ2n) is 6.23. The van der Waals surface area contributed by atoms with Crippen molar-refractivity contribution in [2.45, 2.75) is 19.8 Å². The average molecular weight is 350 g/mol. The molecule has 5 heteroatoms. The van der Waals surface area contributed by atoms with Crippen LogP contribution < -0.4 is 15.6 Å². The largest absolute Gasteiger partial charge is 0.493 e. The fraction of sp³-hybridized carbons (Fsp3) is 0.238. The zero-order valence-corrected chi connectivity index (χ0v) is 14.7. The number of hydrogen-bond donors (Lipinski definition) is 2. The van der Waals surface area contributed by atoms with Crippen molar-refractivity contribution in [2.75, 3.05) is 13.2 Å². The van der Waals surface area contributed by atoms with Crippen LogP contribution in [0.5, 0.6) is 5.75 Å². The highest BCUT2D eigenvalue weighted by molar-refractivity contribution is 5.79. The summed E-state index contributed by atoms with van der Waals surface area (Å²) in [7, 11) is 0. The predicted octanol–water partition coefficient (Wildman–Crippen LogP) is 2.96. The first-order valence-electron chi connectivity index (χ1n) is 8.69. The lowest BCUT2D eigenvalue weighted by atomic mass is 10.1. The van der Waals surface area contributed by atoms with Crippen molar-refractivity contribution >= 4 is 16.8 Å². The third-order valence-electron chi connectivity index (χ3n) is 4.14. The Kier molecular flexibility index (Phi) is 5.69.